The molecule has 8 heteroatoms. The van der Waals surface area contributed by atoms with Crippen LogP contribution in [0.4, 0.5) is 18.9 Å². The van der Waals surface area contributed by atoms with E-state index in [4.69, 9.17) is 0 Å². The van der Waals surface area contributed by atoms with Crippen LogP contribution < -0.4 is 5.32 Å². The van der Waals surface area contributed by atoms with Gasteiger partial charge in [-0.3, -0.25) is 9.36 Å². The molecule has 28 heavy (non-hydrogen) atoms. The summed E-state index contributed by atoms with van der Waals surface area (Å²) in [5, 5.41) is 3.26. The molecule has 0 fully saturated rings. The number of nitrogens with zero attached hydrogens (tertiary/aromatic N) is 2. The van der Waals surface area contributed by atoms with Crippen molar-refractivity contribution in [2.75, 3.05) is 11.1 Å². The van der Waals surface area contributed by atoms with E-state index in [2.05, 4.69) is 10.3 Å². The highest BCUT2D eigenvalue weighted by atomic mass is 32.2. The molecule has 1 heterocycles. The molecule has 3 aromatic rings. The van der Waals surface area contributed by atoms with Crippen molar-refractivity contribution in [1.29, 1.82) is 0 Å². The van der Waals surface area contributed by atoms with Crippen LogP contribution in [0.15, 0.2) is 60.0 Å². The molecule has 1 amide bonds. The first-order valence-electron chi connectivity index (χ1n) is 8.45. The number of benzene rings is 2. The van der Waals surface area contributed by atoms with E-state index in [1.165, 1.54) is 23.9 Å². The predicted molar refractivity (Wildman–Crippen MR) is 104 cm³/mol. The quantitative estimate of drug-likeness (QED) is 0.591. The van der Waals surface area contributed by atoms with E-state index in [1.807, 2.05) is 42.8 Å². The number of rotatable bonds is 5. The second kappa shape index (κ2) is 8.10. The lowest BCUT2D eigenvalue weighted by Gasteiger charge is -2.12. The Morgan fingerprint density at radius 1 is 1.14 bits per heavy atom. The minimum Gasteiger partial charge on any atom is -0.325 e. The molecule has 0 unspecified atom stereocenters. The van der Waals surface area contributed by atoms with Gasteiger partial charge >= 0.3 is 6.18 Å². The smallest absolute Gasteiger partial charge is 0.325 e. The highest BCUT2D eigenvalue weighted by molar-refractivity contribution is 7.99. The predicted octanol–water partition coefficient (Wildman–Crippen LogP) is 5.24. The Morgan fingerprint density at radius 3 is 2.54 bits per heavy atom. The third kappa shape index (κ3) is 4.75. The van der Waals surface area contributed by atoms with E-state index in [1.54, 1.807) is 6.20 Å². The van der Waals surface area contributed by atoms with Crippen LogP contribution in [0.5, 0.6) is 0 Å². The maximum absolute atomic E-state index is 12.6. The SMILES string of the molecule is Cc1ccc(C)c(-n2ccnc2SCC(=O)Nc2ccc(C(F)(F)F)cc2)c1. The summed E-state index contributed by atoms with van der Waals surface area (Å²) in [4.78, 5) is 16.5. The van der Waals surface area contributed by atoms with Gasteiger partial charge in [0.15, 0.2) is 5.16 Å². The van der Waals surface area contributed by atoms with Crippen molar-refractivity contribution in [2.45, 2.75) is 25.2 Å². The zero-order chi connectivity index (χ0) is 20.3. The van der Waals surface area contributed by atoms with Gasteiger partial charge < -0.3 is 5.32 Å². The van der Waals surface area contributed by atoms with Crippen molar-refractivity contribution in [2.24, 2.45) is 0 Å². The van der Waals surface area contributed by atoms with Gasteiger partial charge in [-0.05, 0) is 55.3 Å². The summed E-state index contributed by atoms with van der Waals surface area (Å²) < 4.78 is 39.7. The molecule has 0 saturated heterocycles. The van der Waals surface area contributed by atoms with Crippen LogP contribution in [-0.4, -0.2) is 21.2 Å². The second-order valence-corrected chi connectivity index (χ2v) is 7.22. The van der Waals surface area contributed by atoms with E-state index < -0.39 is 11.7 Å². The third-order valence-corrected chi connectivity index (χ3v) is 5.03. The number of halogens is 3. The molecule has 0 bridgehead atoms. The minimum atomic E-state index is -4.40. The zero-order valence-electron chi connectivity index (χ0n) is 15.2. The summed E-state index contributed by atoms with van der Waals surface area (Å²) in [5.74, 6) is -0.233. The fourth-order valence-corrected chi connectivity index (χ4v) is 3.39. The monoisotopic (exact) mass is 405 g/mol. The molecule has 0 saturated carbocycles. The molecule has 2 aromatic carbocycles. The topological polar surface area (TPSA) is 46.9 Å². The molecule has 0 aliphatic heterocycles. The number of carbonyl (C=O) groups is 1. The van der Waals surface area contributed by atoms with E-state index in [9.17, 15) is 18.0 Å². The number of thioether (sulfide) groups is 1. The van der Waals surface area contributed by atoms with E-state index in [0.717, 1.165) is 28.9 Å². The Morgan fingerprint density at radius 2 is 1.86 bits per heavy atom. The summed E-state index contributed by atoms with van der Waals surface area (Å²) >= 11 is 1.26. The number of hydrogen-bond donors (Lipinski definition) is 1. The number of aryl methyl sites for hydroxylation is 2. The molecule has 0 radical (unpaired) electrons. The molecule has 3 rings (SSSR count). The van der Waals surface area contributed by atoms with Gasteiger partial charge in [-0.1, -0.05) is 23.9 Å². The molecular formula is C20H18F3N3OS. The lowest BCUT2D eigenvalue weighted by atomic mass is 10.1. The first-order chi connectivity index (χ1) is 13.2. The van der Waals surface area contributed by atoms with Gasteiger partial charge in [0, 0.05) is 18.1 Å². The molecular weight excluding hydrogens is 387 g/mol. The number of alkyl halides is 3. The Kier molecular flexibility index (Phi) is 5.79. The summed E-state index contributed by atoms with van der Waals surface area (Å²) in [6.07, 6.45) is -0.904. The molecule has 1 aromatic heterocycles. The number of carbonyl (C=O) groups excluding carboxylic acids is 1. The normalized spacial score (nSPS) is 11.5. The first-order valence-corrected chi connectivity index (χ1v) is 9.43. The minimum absolute atomic E-state index is 0.0862. The summed E-state index contributed by atoms with van der Waals surface area (Å²) in [5.41, 5.74) is 2.75. The number of imidazole rings is 1. The molecule has 0 spiro atoms. The Hall–Kier alpha value is -2.74. The first kappa shape index (κ1) is 20.0. The molecule has 1 N–H and O–H groups in total. The van der Waals surface area contributed by atoms with Crippen molar-refractivity contribution in [1.82, 2.24) is 9.55 Å². The van der Waals surface area contributed by atoms with Crippen molar-refractivity contribution in [3.05, 3.63) is 71.5 Å². The van der Waals surface area contributed by atoms with Crippen LogP contribution in [0.1, 0.15) is 16.7 Å². The molecule has 146 valence electrons. The standard InChI is InChI=1S/C20H18F3N3OS/c1-13-3-4-14(2)17(11-13)26-10-9-24-19(26)28-12-18(27)25-16-7-5-15(6-8-16)20(21,22)23/h3-11H,12H2,1-2H3,(H,25,27). The molecule has 0 aliphatic rings. The van der Waals surface area contributed by atoms with Crippen molar-refractivity contribution in [3.8, 4) is 5.69 Å². The van der Waals surface area contributed by atoms with Gasteiger partial charge in [0.1, 0.15) is 0 Å². The lowest BCUT2D eigenvalue weighted by Crippen LogP contribution is -2.15. The Bertz CT molecular complexity index is 981. The van der Waals surface area contributed by atoms with Gasteiger partial charge in [-0.15, -0.1) is 0 Å². The molecule has 4 nitrogen and oxygen atoms in total. The van der Waals surface area contributed by atoms with Crippen LogP contribution >= 0.6 is 11.8 Å². The lowest BCUT2D eigenvalue weighted by molar-refractivity contribution is -0.137. The number of amides is 1. The van der Waals surface area contributed by atoms with Gasteiger partial charge in [-0.25, -0.2) is 4.98 Å². The van der Waals surface area contributed by atoms with Crippen molar-refractivity contribution >= 4 is 23.4 Å². The van der Waals surface area contributed by atoms with Gasteiger partial charge in [0.05, 0.1) is 17.0 Å². The fourth-order valence-electron chi connectivity index (χ4n) is 2.63. The van der Waals surface area contributed by atoms with Gasteiger partial charge in [0.2, 0.25) is 5.91 Å². The van der Waals surface area contributed by atoms with Crippen LogP contribution in [-0.2, 0) is 11.0 Å². The third-order valence-electron chi connectivity index (χ3n) is 4.06. The van der Waals surface area contributed by atoms with Crippen LogP contribution in [0.2, 0.25) is 0 Å². The molecule has 0 atom stereocenters. The largest absolute Gasteiger partial charge is 0.416 e. The highest BCUT2D eigenvalue weighted by Crippen LogP contribution is 2.30. The maximum Gasteiger partial charge on any atom is 0.416 e. The van der Waals surface area contributed by atoms with E-state index >= 15 is 0 Å². The average molecular weight is 405 g/mol. The highest BCUT2D eigenvalue weighted by Gasteiger charge is 2.30. The maximum atomic E-state index is 12.6. The second-order valence-electron chi connectivity index (χ2n) is 6.28. The van der Waals surface area contributed by atoms with Gasteiger partial charge in [-0.2, -0.15) is 13.2 Å². The zero-order valence-corrected chi connectivity index (χ0v) is 16.1. The number of anilines is 1. The van der Waals surface area contributed by atoms with E-state index in [-0.39, 0.29) is 11.7 Å². The number of aromatic nitrogens is 2. The Balaban J connectivity index is 1.64. The summed E-state index contributed by atoms with van der Waals surface area (Å²) in [6, 6.07) is 10.5. The van der Waals surface area contributed by atoms with Crippen LogP contribution in [0, 0.1) is 13.8 Å². The summed E-state index contributed by atoms with van der Waals surface area (Å²) in [6.45, 7) is 4.00. The Labute approximate surface area is 164 Å². The van der Waals surface area contributed by atoms with Crippen molar-refractivity contribution < 1.29 is 18.0 Å². The fraction of sp³-hybridized carbons (Fsp3) is 0.200. The van der Waals surface area contributed by atoms with Gasteiger partial charge in [0.25, 0.3) is 0 Å². The van der Waals surface area contributed by atoms with Crippen molar-refractivity contribution in [3.63, 3.8) is 0 Å². The average Bonchev–Trinajstić information content (AvgIpc) is 3.10. The van der Waals surface area contributed by atoms with Crippen LogP contribution in [0.3, 0.4) is 0 Å². The molecule has 0 aliphatic carbocycles. The van der Waals surface area contributed by atoms with Crippen LogP contribution in [0.25, 0.3) is 5.69 Å². The summed E-state index contributed by atoms with van der Waals surface area (Å²) in [7, 11) is 0. The number of nitrogens with one attached hydrogen (secondary N) is 1. The van der Waals surface area contributed by atoms with E-state index in [0.29, 0.717) is 10.8 Å². The number of hydrogen-bond acceptors (Lipinski definition) is 3.